The largest absolute Gasteiger partial charge is 0.491 e. The summed E-state index contributed by atoms with van der Waals surface area (Å²) < 4.78 is 5.93. The first-order chi connectivity index (χ1) is 16.2. The van der Waals surface area contributed by atoms with Gasteiger partial charge in [-0.2, -0.15) is 0 Å². The Bertz CT molecular complexity index is 1120. The van der Waals surface area contributed by atoms with Crippen LogP contribution in [0.5, 0.6) is 5.75 Å². The monoisotopic (exact) mass is 461 g/mol. The number of carbonyl (C=O) groups is 2. The van der Waals surface area contributed by atoms with Crippen molar-refractivity contribution in [3.05, 3.63) is 81.8 Å². The maximum atomic E-state index is 12.9. The van der Waals surface area contributed by atoms with E-state index in [0.29, 0.717) is 25.3 Å². The molecule has 2 aliphatic heterocycles. The molecular formula is C26H27N3O3S. The van der Waals surface area contributed by atoms with Gasteiger partial charge >= 0.3 is 0 Å². The number of benzene rings is 1. The van der Waals surface area contributed by atoms with Crippen LogP contribution in [0.2, 0.25) is 0 Å². The number of likely N-dealkylation sites (tertiary alicyclic amines) is 1. The van der Waals surface area contributed by atoms with Gasteiger partial charge in [0.1, 0.15) is 12.4 Å². The summed E-state index contributed by atoms with van der Waals surface area (Å²) in [7, 11) is 0. The Kier molecular flexibility index (Phi) is 6.51. The Labute approximate surface area is 197 Å². The van der Waals surface area contributed by atoms with E-state index in [0.717, 1.165) is 48.7 Å². The Morgan fingerprint density at radius 2 is 2.09 bits per heavy atom. The van der Waals surface area contributed by atoms with E-state index in [1.807, 2.05) is 40.6 Å². The molecule has 1 saturated heterocycles. The predicted molar refractivity (Wildman–Crippen MR) is 128 cm³/mol. The third kappa shape index (κ3) is 4.99. The Hall–Kier alpha value is -3.03. The first-order valence-corrected chi connectivity index (χ1v) is 12.3. The van der Waals surface area contributed by atoms with Gasteiger partial charge in [0.2, 0.25) is 0 Å². The zero-order valence-corrected chi connectivity index (χ0v) is 19.3. The molecule has 1 fully saturated rings. The van der Waals surface area contributed by atoms with E-state index in [1.165, 1.54) is 16.9 Å². The Morgan fingerprint density at radius 3 is 2.91 bits per heavy atom. The number of hydrogen-bond donors (Lipinski definition) is 0. The van der Waals surface area contributed by atoms with Crippen molar-refractivity contribution in [3.8, 4) is 5.75 Å². The van der Waals surface area contributed by atoms with Crippen LogP contribution in [0.1, 0.15) is 44.0 Å². The molecule has 0 radical (unpaired) electrons. The topological polar surface area (TPSA) is 62.7 Å². The number of aromatic nitrogens is 1. The molecule has 5 rings (SSSR count). The number of rotatable bonds is 5. The Balaban J connectivity index is 1.27. The van der Waals surface area contributed by atoms with Gasteiger partial charge in [0.25, 0.3) is 5.91 Å². The summed E-state index contributed by atoms with van der Waals surface area (Å²) in [5, 5.41) is 1.93. The lowest BCUT2D eigenvalue weighted by Crippen LogP contribution is -2.38. The number of piperidine rings is 1. The van der Waals surface area contributed by atoms with Crippen LogP contribution in [0.25, 0.3) is 0 Å². The van der Waals surface area contributed by atoms with Crippen LogP contribution < -0.4 is 4.74 Å². The number of Topliss-reactive ketones (excluding diaryl/α,β-unsaturated/α-hetero) is 1. The number of fused-ring (bicyclic) bond motifs is 1. The van der Waals surface area contributed by atoms with E-state index in [2.05, 4.69) is 22.0 Å². The first kappa shape index (κ1) is 21.8. The van der Waals surface area contributed by atoms with Crippen molar-refractivity contribution < 1.29 is 14.3 Å². The molecule has 1 aromatic carbocycles. The summed E-state index contributed by atoms with van der Waals surface area (Å²) in [4.78, 5) is 34.9. The van der Waals surface area contributed by atoms with E-state index in [1.54, 1.807) is 12.4 Å². The number of nitrogens with zero attached hydrogens (tertiary/aromatic N) is 3. The molecule has 0 spiro atoms. The number of carbonyl (C=O) groups excluding carboxylic acids is 2. The summed E-state index contributed by atoms with van der Waals surface area (Å²) >= 11 is 1.47. The molecule has 2 aromatic heterocycles. The van der Waals surface area contributed by atoms with E-state index >= 15 is 0 Å². The van der Waals surface area contributed by atoms with E-state index in [9.17, 15) is 9.59 Å². The van der Waals surface area contributed by atoms with Crippen molar-refractivity contribution in [2.24, 2.45) is 5.92 Å². The molecule has 0 aliphatic carbocycles. The fourth-order valence-electron chi connectivity index (χ4n) is 4.69. The molecule has 3 aromatic rings. The van der Waals surface area contributed by atoms with Gasteiger partial charge in [-0.15, -0.1) is 11.3 Å². The quantitative estimate of drug-likeness (QED) is 0.531. The third-order valence-electron chi connectivity index (χ3n) is 6.35. The van der Waals surface area contributed by atoms with Crippen molar-refractivity contribution in [2.75, 3.05) is 26.2 Å². The number of ether oxygens (including phenoxy) is 1. The lowest BCUT2D eigenvalue weighted by molar-refractivity contribution is 0.0738. The van der Waals surface area contributed by atoms with Crippen molar-refractivity contribution in [1.82, 2.24) is 14.8 Å². The molecule has 1 amide bonds. The molecule has 1 atom stereocenters. The van der Waals surface area contributed by atoms with Gasteiger partial charge in [0.15, 0.2) is 5.78 Å². The molecule has 4 heterocycles. The van der Waals surface area contributed by atoms with Crippen LogP contribution in [-0.2, 0) is 13.1 Å². The molecule has 2 aliphatic rings. The normalized spacial score (nSPS) is 18.8. The summed E-state index contributed by atoms with van der Waals surface area (Å²) in [6.07, 6.45) is 5.29. The number of amides is 1. The second-order valence-corrected chi connectivity index (χ2v) is 9.62. The molecule has 33 heavy (non-hydrogen) atoms. The standard InChI is InChI=1S/C26H27N3O3S/c30-25(20-4-1-9-27-15-20)21-5-2-10-28(17-21)16-19-7-8-23-22(14-19)18-29(11-12-32-23)26(31)24-6-3-13-33-24/h1,3-4,6-9,13-15,21H,2,5,10-12,16-18H2/t21-/m1/s1. The lowest BCUT2D eigenvalue weighted by atomic mass is 9.90. The molecule has 170 valence electrons. The number of hydrogen-bond acceptors (Lipinski definition) is 6. The average Bonchev–Trinajstić information content (AvgIpc) is 3.31. The smallest absolute Gasteiger partial charge is 0.264 e. The third-order valence-corrected chi connectivity index (χ3v) is 7.21. The second-order valence-electron chi connectivity index (χ2n) is 8.67. The molecule has 0 saturated carbocycles. The van der Waals surface area contributed by atoms with Gasteiger partial charge in [-0.25, -0.2) is 0 Å². The number of pyridine rings is 1. The van der Waals surface area contributed by atoms with Crippen LogP contribution in [0, 0.1) is 5.92 Å². The minimum absolute atomic E-state index is 0.00557. The van der Waals surface area contributed by atoms with Crippen LogP contribution in [0.3, 0.4) is 0 Å². The van der Waals surface area contributed by atoms with Crippen LogP contribution in [0.15, 0.2) is 60.2 Å². The van der Waals surface area contributed by atoms with Crippen LogP contribution in [0.4, 0.5) is 0 Å². The summed E-state index contributed by atoms with van der Waals surface area (Å²) in [6.45, 7) is 4.13. The molecule has 0 unspecified atom stereocenters. The van der Waals surface area contributed by atoms with Crippen LogP contribution in [-0.4, -0.2) is 52.7 Å². The summed E-state index contributed by atoms with van der Waals surface area (Å²) in [5.74, 6) is 1.10. The van der Waals surface area contributed by atoms with Crippen molar-refractivity contribution in [3.63, 3.8) is 0 Å². The van der Waals surface area contributed by atoms with Crippen molar-refractivity contribution >= 4 is 23.0 Å². The van der Waals surface area contributed by atoms with Gasteiger partial charge in [-0.05, 0) is 60.7 Å². The molecule has 7 heteroatoms. The van der Waals surface area contributed by atoms with Crippen molar-refractivity contribution in [2.45, 2.75) is 25.9 Å². The molecule has 6 nitrogen and oxygen atoms in total. The predicted octanol–water partition coefficient (Wildman–Crippen LogP) is 4.27. The van der Waals surface area contributed by atoms with Gasteiger partial charge in [0.05, 0.1) is 11.4 Å². The SMILES string of the molecule is O=C(c1cccnc1)[C@@H]1CCCN(Cc2ccc3c(c2)CN(C(=O)c2cccs2)CCO3)C1. The molecule has 0 N–H and O–H groups in total. The highest BCUT2D eigenvalue weighted by atomic mass is 32.1. The van der Waals surface area contributed by atoms with Crippen molar-refractivity contribution in [1.29, 1.82) is 0 Å². The fourth-order valence-corrected chi connectivity index (χ4v) is 5.38. The highest BCUT2D eigenvalue weighted by molar-refractivity contribution is 7.12. The van der Waals surface area contributed by atoms with Gasteiger partial charge < -0.3 is 9.64 Å². The summed E-state index contributed by atoms with van der Waals surface area (Å²) in [5.41, 5.74) is 2.91. The zero-order valence-electron chi connectivity index (χ0n) is 18.5. The van der Waals surface area contributed by atoms with Crippen LogP contribution >= 0.6 is 11.3 Å². The van der Waals surface area contributed by atoms with Gasteiger partial charge in [-0.3, -0.25) is 19.5 Å². The fraction of sp³-hybridized carbons (Fsp3) is 0.346. The van der Waals surface area contributed by atoms with Gasteiger partial charge in [0, 0.05) is 49.1 Å². The highest BCUT2D eigenvalue weighted by Crippen LogP contribution is 2.28. The average molecular weight is 462 g/mol. The first-order valence-electron chi connectivity index (χ1n) is 11.4. The number of ketones is 1. The lowest BCUT2D eigenvalue weighted by Gasteiger charge is -2.32. The van der Waals surface area contributed by atoms with E-state index in [-0.39, 0.29) is 17.6 Å². The van der Waals surface area contributed by atoms with Gasteiger partial charge in [-0.1, -0.05) is 12.1 Å². The minimum Gasteiger partial charge on any atom is -0.491 e. The van der Waals surface area contributed by atoms with E-state index in [4.69, 9.17) is 4.74 Å². The number of thiophene rings is 1. The highest BCUT2D eigenvalue weighted by Gasteiger charge is 2.27. The zero-order chi connectivity index (χ0) is 22.6. The maximum Gasteiger partial charge on any atom is 0.264 e. The Morgan fingerprint density at radius 1 is 1.15 bits per heavy atom. The molecular weight excluding hydrogens is 434 g/mol. The maximum absolute atomic E-state index is 12.9. The molecule has 0 bridgehead atoms. The summed E-state index contributed by atoms with van der Waals surface area (Å²) in [6, 6.07) is 13.7. The minimum atomic E-state index is 0.00557. The second kappa shape index (κ2) is 9.85. The van der Waals surface area contributed by atoms with E-state index < -0.39 is 0 Å².